The van der Waals surface area contributed by atoms with Crippen molar-refractivity contribution in [2.24, 2.45) is 17.6 Å². The van der Waals surface area contributed by atoms with E-state index in [0.29, 0.717) is 11.8 Å². The van der Waals surface area contributed by atoms with E-state index in [9.17, 15) is 0 Å². The molecule has 0 unspecified atom stereocenters. The van der Waals surface area contributed by atoms with Gasteiger partial charge in [0.1, 0.15) is 0 Å². The fourth-order valence-electron chi connectivity index (χ4n) is 3.69. The van der Waals surface area contributed by atoms with Crippen LogP contribution in [0.15, 0.2) is 24.3 Å². The molecule has 0 spiro atoms. The van der Waals surface area contributed by atoms with Crippen molar-refractivity contribution in [3.63, 3.8) is 0 Å². The maximum absolute atomic E-state index is 6.72. The molecule has 1 aromatic rings. The number of rotatable bonds is 0. The van der Waals surface area contributed by atoms with Crippen molar-refractivity contribution in [3.8, 4) is 0 Å². The van der Waals surface area contributed by atoms with Crippen LogP contribution in [0, 0.1) is 11.8 Å². The third-order valence-corrected chi connectivity index (χ3v) is 4.63. The van der Waals surface area contributed by atoms with Crippen molar-refractivity contribution in [2.45, 2.75) is 38.1 Å². The van der Waals surface area contributed by atoms with Gasteiger partial charge in [0.25, 0.3) is 0 Å². The van der Waals surface area contributed by atoms with Crippen LogP contribution in [0.4, 0.5) is 0 Å². The van der Waals surface area contributed by atoms with Crippen LogP contribution in [0.2, 0.25) is 0 Å². The monoisotopic (exact) mass is 201 g/mol. The van der Waals surface area contributed by atoms with Crippen LogP contribution in [-0.2, 0) is 12.0 Å². The second kappa shape index (κ2) is 3.08. The Morgan fingerprint density at radius 2 is 2.07 bits per heavy atom. The van der Waals surface area contributed by atoms with Gasteiger partial charge in [0, 0.05) is 5.54 Å². The molecule has 1 saturated carbocycles. The van der Waals surface area contributed by atoms with Gasteiger partial charge in [-0.25, -0.2) is 0 Å². The summed E-state index contributed by atoms with van der Waals surface area (Å²) in [5.41, 5.74) is 9.63. The van der Waals surface area contributed by atoms with Crippen LogP contribution < -0.4 is 5.73 Å². The number of hydrogen-bond acceptors (Lipinski definition) is 1. The van der Waals surface area contributed by atoms with E-state index in [4.69, 9.17) is 5.73 Å². The first-order valence-corrected chi connectivity index (χ1v) is 6.10. The first kappa shape index (κ1) is 9.41. The molecule has 1 nitrogen and oxygen atoms in total. The molecule has 1 fully saturated rings. The van der Waals surface area contributed by atoms with Crippen LogP contribution in [-0.4, -0.2) is 0 Å². The third kappa shape index (κ3) is 1.13. The van der Waals surface area contributed by atoms with Crippen molar-refractivity contribution < 1.29 is 0 Å². The summed E-state index contributed by atoms with van der Waals surface area (Å²) in [5, 5.41) is 0. The highest BCUT2D eigenvalue weighted by Gasteiger charge is 2.48. The number of benzene rings is 1. The van der Waals surface area contributed by atoms with Gasteiger partial charge >= 0.3 is 0 Å². The molecule has 15 heavy (non-hydrogen) atoms. The zero-order chi connectivity index (χ0) is 10.5. The van der Waals surface area contributed by atoms with E-state index >= 15 is 0 Å². The third-order valence-electron chi connectivity index (χ3n) is 4.63. The van der Waals surface area contributed by atoms with Gasteiger partial charge in [-0.05, 0) is 42.2 Å². The summed E-state index contributed by atoms with van der Waals surface area (Å²) in [6, 6.07) is 8.79. The fraction of sp³-hybridized carbons (Fsp3) is 0.571. The molecular weight excluding hydrogens is 182 g/mol. The summed E-state index contributed by atoms with van der Waals surface area (Å²) in [5.74, 6) is 1.33. The van der Waals surface area contributed by atoms with Crippen molar-refractivity contribution >= 4 is 0 Å². The van der Waals surface area contributed by atoms with Gasteiger partial charge in [-0.3, -0.25) is 0 Å². The lowest BCUT2D eigenvalue weighted by molar-refractivity contribution is 0.139. The average Bonchev–Trinajstić information content (AvgIpc) is 2.55. The van der Waals surface area contributed by atoms with Crippen LogP contribution in [0.25, 0.3) is 0 Å². The lowest BCUT2D eigenvalue weighted by Crippen LogP contribution is -2.49. The average molecular weight is 201 g/mol. The Morgan fingerprint density at radius 3 is 2.93 bits per heavy atom. The predicted molar refractivity (Wildman–Crippen MR) is 62.5 cm³/mol. The lowest BCUT2D eigenvalue weighted by Gasteiger charge is -2.42. The van der Waals surface area contributed by atoms with E-state index in [1.165, 1.54) is 36.8 Å². The first-order valence-electron chi connectivity index (χ1n) is 6.10. The highest BCUT2D eigenvalue weighted by atomic mass is 14.8. The van der Waals surface area contributed by atoms with Gasteiger partial charge in [0.2, 0.25) is 0 Å². The molecule has 1 heteroatoms. The number of hydrogen-bond donors (Lipinski definition) is 1. The van der Waals surface area contributed by atoms with Crippen molar-refractivity contribution in [1.82, 2.24) is 0 Å². The van der Waals surface area contributed by atoms with Gasteiger partial charge in [-0.2, -0.15) is 0 Å². The molecule has 0 bridgehead atoms. The molecule has 2 aliphatic rings. The second-order valence-corrected chi connectivity index (χ2v) is 5.32. The van der Waals surface area contributed by atoms with Crippen LogP contribution in [0.3, 0.4) is 0 Å². The topological polar surface area (TPSA) is 26.0 Å². The molecule has 0 saturated heterocycles. The smallest absolute Gasteiger partial charge is 0.0470 e. The van der Waals surface area contributed by atoms with Crippen LogP contribution >= 0.6 is 0 Å². The van der Waals surface area contributed by atoms with Gasteiger partial charge < -0.3 is 5.73 Å². The molecule has 80 valence electrons. The summed E-state index contributed by atoms with van der Waals surface area (Å²) < 4.78 is 0. The molecular formula is C14H19N. The Morgan fingerprint density at radius 1 is 1.27 bits per heavy atom. The molecule has 2 aliphatic carbocycles. The van der Waals surface area contributed by atoms with Crippen molar-refractivity contribution in [2.75, 3.05) is 0 Å². The minimum atomic E-state index is -0.0190. The van der Waals surface area contributed by atoms with E-state index in [2.05, 4.69) is 31.2 Å². The number of fused-ring (bicyclic) bond motifs is 3. The summed E-state index contributed by atoms with van der Waals surface area (Å²) in [7, 11) is 0. The second-order valence-electron chi connectivity index (χ2n) is 5.32. The highest BCUT2D eigenvalue weighted by Crippen LogP contribution is 2.50. The lowest BCUT2D eigenvalue weighted by atomic mass is 9.67. The standard InChI is InChI=1S/C14H19N/c1-10-5-4-7-12-9-11-6-2-3-8-13(11)14(10,12)15/h2-3,6,8,10,12H,4-5,7,9,15H2,1H3/t10-,12+,14-/m1/s1. The SMILES string of the molecule is C[C@@H]1CCC[C@H]2Cc3ccccc3[C@]21N. The number of nitrogens with two attached hydrogens (primary N) is 1. The Balaban J connectivity index is 2.13. The van der Waals surface area contributed by atoms with Crippen LogP contribution in [0.5, 0.6) is 0 Å². The molecule has 0 heterocycles. The van der Waals surface area contributed by atoms with Gasteiger partial charge in [-0.15, -0.1) is 0 Å². The summed E-state index contributed by atoms with van der Waals surface area (Å²) in [4.78, 5) is 0. The first-order chi connectivity index (χ1) is 7.23. The van der Waals surface area contributed by atoms with E-state index in [1.54, 1.807) is 0 Å². The summed E-state index contributed by atoms with van der Waals surface area (Å²) in [6.07, 6.45) is 5.17. The summed E-state index contributed by atoms with van der Waals surface area (Å²) in [6.45, 7) is 2.33. The molecule has 2 N–H and O–H groups in total. The Labute approximate surface area is 91.7 Å². The quantitative estimate of drug-likeness (QED) is 0.686. The van der Waals surface area contributed by atoms with Gasteiger partial charge in [0.15, 0.2) is 0 Å². The van der Waals surface area contributed by atoms with Crippen molar-refractivity contribution in [1.29, 1.82) is 0 Å². The summed E-state index contributed by atoms with van der Waals surface area (Å²) >= 11 is 0. The molecule has 0 aromatic heterocycles. The molecule has 1 aromatic carbocycles. The zero-order valence-corrected chi connectivity index (χ0v) is 9.37. The Hall–Kier alpha value is -0.820. The Kier molecular flexibility index (Phi) is 1.93. The highest BCUT2D eigenvalue weighted by molar-refractivity contribution is 5.41. The van der Waals surface area contributed by atoms with E-state index in [1.807, 2.05) is 0 Å². The predicted octanol–water partition coefficient (Wildman–Crippen LogP) is 2.83. The van der Waals surface area contributed by atoms with E-state index < -0.39 is 0 Å². The van der Waals surface area contributed by atoms with E-state index in [0.717, 1.165) is 0 Å². The van der Waals surface area contributed by atoms with Crippen LogP contribution in [0.1, 0.15) is 37.3 Å². The molecule has 0 amide bonds. The molecule has 3 rings (SSSR count). The van der Waals surface area contributed by atoms with Gasteiger partial charge in [0.05, 0.1) is 0 Å². The molecule has 3 atom stereocenters. The molecule has 0 radical (unpaired) electrons. The van der Waals surface area contributed by atoms with Gasteiger partial charge in [-0.1, -0.05) is 37.6 Å². The van der Waals surface area contributed by atoms with E-state index in [-0.39, 0.29) is 5.54 Å². The largest absolute Gasteiger partial charge is 0.321 e. The van der Waals surface area contributed by atoms with Crippen molar-refractivity contribution in [3.05, 3.63) is 35.4 Å². The zero-order valence-electron chi connectivity index (χ0n) is 9.37. The minimum absolute atomic E-state index is 0.0190. The Bertz CT molecular complexity index is 385. The normalized spacial score (nSPS) is 38.5. The molecule has 0 aliphatic heterocycles. The maximum atomic E-state index is 6.72. The maximum Gasteiger partial charge on any atom is 0.0470 e. The fourth-order valence-corrected chi connectivity index (χ4v) is 3.69. The minimum Gasteiger partial charge on any atom is -0.321 e.